The van der Waals surface area contributed by atoms with Crippen molar-refractivity contribution in [3.8, 4) is 5.75 Å². The van der Waals surface area contributed by atoms with Gasteiger partial charge in [-0.3, -0.25) is 9.59 Å². The first-order chi connectivity index (χ1) is 10.4. The average Bonchev–Trinajstić information content (AvgIpc) is 2.94. The number of carboxylic acids is 1. The minimum absolute atomic E-state index is 0.0363. The molecule has 0 aromatic heterocycles. The highest BCUT2D eigenvalue weighted by Gasteiger charge is 2.30. The van der Waals surface area contributed by atoms with Gasteiger partial charge in [0.1, 0.15) is 5.75 Å². The molecule has 1 aromatic carbocycles. The fourth-order valence-corrected chi connectivity index (χ4v) is 2.75. The van der Waals surface area contributed by atoms with Gasteiger partial charge < -0.3 is 14.7 Å². The van der Waals surface area contributed by atoms with Gasteiger partial charge in [-0.2, -0.15) is 0 Å². The summed E-state index contributed by atoms with van der Waals surface area (Å²) in [4.78, 5) is 24.6. The third-order valence-electron chi connectivity index (χ3n) is 4.23. The zero-order chi connectivity index (χ0) is 16.3. The van der Waals surface area contributed by atoms with E-state index in [1.54, 1.807) is 4.90 Å². The van der Waals surface area contributed by atoms with Crippen LogP contribution in [0.25, 0.3) is 0 Å². The van der Waals surface area contributed by atoms with E-state index in [0.717, 1.165) is 16.9 Å². The fraction of sp³-hybridized carbons (Fsp3) is 0.529. The Kier molecular flexibility index (Phi) is 5.06. The number of aliphatic carboxylic acids is 1. The van der Waals surface area contributed by atoms with Gasteiger partial charge in [-0.25, -0.2) is 0 Å². The number of rotatable bonds is 5. The lowest BCUT2D eigenvalue weighted by atomic mass is 10.1. The Hall–Kier alpha value is -2.04. The zero-order valence-corrected chi connectivity index (χ0v) is 13.4. The molecule has 1 saturated heterocycles. The second kappa shape index (κ2) is 6.81. The van der Waals surface area contributed by atoms with E-state index >= 15 is 0 Å². The Morgan fingerprint density at radius 2 is 2.05 bits per heavy atom. The minimum atomic E-state index is -0.822. The standard InChI is InChI=1S/C17H23NO4/c1-11-8-12(2)13(3)15(9-11)22-7-5-16(19)18-6-4-14(10-18)17(20)21/h8-9,14H,4-7,10H2,1-3H3,(H,20,21). The molecule has 1 aliphatic heterocycles. The lowest BCUT2D eigenvalue weighted by Gasteiger charge is -2.17. The molecule has 5 nitrogen and oxygen atoms in total. The molecule has 1 aliphatic rings. The highest BCUT2D eigenvalue weighted by atomic mass is 16.5. The van der Waals surface area contributed by atoms with Gasteiger partial charge in [0.15, 0.2) is 0 Å². The van der Waals surface area contributed by atoms with Gasteiger partial charge in [0.25, 0.3) is 0 Å². The first-order valence-corrected chi connectivity index (χ1v) is 7.59. The summed E-state index contributed by atoms with van der Waals surface area (Å²) in [5.74, 6) is -0.468. The normalized spacial score (nSPS) is 17.6. The van der Waals surface area contributed by atoms with Crippen molar-refractivity contribution in [2.75, 3.05) is 19.7 Å². The molecule has 1 unspecified atom stereocenters. The molecular formula is C17H23NO4. The number of hydrogen-bond acceptors (Lipinski definition) is 3. The second-order valence-electron chi connectivity index (χ2n) is 5.97. The van der Waals surface area contributed by atoms with E-state index in [9.17, 15) is 9.59 Å². The van der Waals surface area contributed by atoms with Crippen LogP contribution in [0.3, 0.4) is 0 Å². The van der Waals surface area contributed by atoms with Crippen molar-refractivity contribution in [3.05, 3.63) is 28.8 Å². The van der Waals surface area contributed by atoms with Crippen molar-refractivity contribution >= 4 is 11.9 Å². The number of likely N-dealkylation sites (tertiary alicyclic amines) is 1. The maximum atomic E-state index is 12.1. The molecule has 0 radical (unpaired) electrons. The molecule has 120 valence electrons. The molecular weight excluding hydrogens is 282 g/mol. The second-order valence-corrected chi connectivity index (χ2v) is 5.97. The topological polar surface area (TPSA) is 66.8 Å². The maximum absolute atomic E-state index is 12.1. The lowest BCUT2D eigenvalue weighted by molar-refractivity contribution is -0.141. The number of nitrogens with zero attached hydrogens (tertiary/aromatic N) is 1. The zero-order valence-electron chi connectivity index (χ0n) is 13.4. The Morgan fingerprint density at radius 3 is 2.68 bits per heavy atom. The number of carbonyl (C=O) groups excluding carboxylic acids is 1. The number of hydrogen-bond donors (Lipinski definition) is 1. The third kappa shape index (κ3) is 3.78. The van der Waals surface area contributed by atoms with Crippen LogP contribution in [0.5, 0.6) is 5.75 Å². The number of aryl methyl sites for hydroxylation is 2. The van der Waals surface area contributed by atoms with Gasteiger partial charge in [-0.15, -0.1) is 0 Å². The first kappa shape index (κ1) is 16.3. The summed E-state index contributed by atoms with van der Waals surface area (Å²) in [6, 6.07) is 4.08. The smallest absolute Gasteiger partial charge is 0.308 e. The molecule has 0 spiro atoms. The van der Waals surface area contributed by atoms with Gasteiger partial charge in [0, 0.05) is 13.1 Å². The molecule has 1 atom stereocenters. The predicted molar refractivity (Wildman–Crippen MR) is 83.1 cm³/mol. The number of carboxylic acid groups (broad SMARTS) is 1. The van der Waals surface area contributed by atoms with Gasteiger partial charge in [0.2, 0.25) is 5.91 Å². The van der Waals surface area contributed by atoms with Gasteiger partial charge in [-0.05, 0) is 49.9 Å². The van der Waals surface area contributed by atoms with Crippen LogP contribution in [-0.4, -0.2) is 41.6 Å². The van der Waals surface area contributed by atoms with Crippen LogP contribution < -0.4 is 4.74 Å². The average molecular weight is 305 g/mol. The Morgan fingerprint density at radius 1 is 1.32 bits per heavy atom. The fourth-order valence-electron chi connectivity index (χ4n) is 2.75. The van der Waals surface area contributed by atoms with Crippen molar-refractivity contribution in [1.82, 2.24) is 4.90 Å². The van der Waals surface area contributed by atoms with Gasteiger partial charge in [0.05, 0.1) is 18.9 Å². The Labute approximate surface area is 130 Å². The molecule has 2 rings (SSSR count). The highest BCUT2D eigenvalue weighted by Crippen LogP contribution is 2.23. The third-order valence-corrected chi connectivity index (χ3v) is 4.23. The molecule has 0 aliphatic carbocycles. The molecule has 1 amide bonds. The molecule has 1 fully saturated rings. The first-order valence-electron chi connectivity index (χ1n) is 7.59. The SMILES string of the molecule is Cc1cc(C)c(C)c(OCCC(=O)N2CCC(C(=O)O)C2)c1. The largest absolute Gasteiger partial charge is 0.493 e. The quantitative estimate of drug-likeness (QED) is 0.906. The van der Waals surface area contributed by atoms with Crippen molar-refractivity contribution in [1.29, 1.82) is 0 Å². The van der Waals surface area contributed by atoms with E-state index in [0.29, 0.717) is 26.1 Å². The number of amides is 1. The Balaban J connectivity index is 1.84. The van der Waals surface area contributed by atoms with E-state index in [1.807, 2.05) is 26.8 Å². The van der Waals surface area contributed by atoms with Crippen LogP contribution in [0.4, 0.5) is 0 Å². The van der Waals surface area contributed by atoms with E-state index in [1.165, 1.54) is 5.56 Å². The van der Waals surface area contributed by atoms with Gasteiger partial charge in [-0.1, -0.05) is 6.07 Å². The summed E-state index contributed by atoms with van der Waals surface area (Å²) < 4.78 is 5.74. The molecule has 5 heteroatoms. The van der Waals surface area contributed by atoms with Crippen LogP contribution in [0.2, 0.25) is 0 Å². The summed E-state index contributed by atoms with van der Waals surface area (Å²) in [5, 5.41) is 8.96. The Bertz CT molecular complexity index is 582. The maximum Gasteiger partial charge on any atom is 0.308 e. The van der Waals surface area contributed by atoms with E-state index < -0.39 is 11.9 Å². The van der Waals surface area contributed by atoms with Crippen LogP contribution in [0.15, 0.2) is 12.1 Å². The van der Waals surface area contributed by atoms with Crippen LogP contribution in [0, 0.1) is 26.7 Å². The predicted octanol–water partition coefficient (Wildman–Crippen LogP) is 2.31. The van der Waals surface area contributed by atoms with Crippen LogP contribution in [-0.2, 0) is 9.59 Å². The molecule has 1 aromatic rings. The number of carbonyl (C=O) groups is 2. The van der Waals surface area contributed by atoms with Crippen molar-refractivity contribution < 1.29 is 19.4 Å². The number of ether oxygens (including phenoxy) is 1. The van der Waals surface area contributed by atoms with Crippen LogP contribution in [0.1, 0.15) is 29.5 Å². The summed E-state index contributed by atoms with van der Waals surface area (Å²) in [6.45, 7) is 7.22. The van der Waals surface area contributed by atoms with E-state index in [2.05, 4.69) is 6.07 Å². The summed E-state index contributed by atoms with van der Waals surface area (Å²) >= 11 is 0. The minimum Gasteiger partial charge on any atom is -0.493 e. The van der Waals surface area contributed by atoms with Crippen molar-refractivity contribution in [3.63, 3.8) is 0 Å². The molecule has 1 N–H and O–H groups in total. The molecule has 1 heterocycles. The molecule has 22 heavy (non-hydrogen) atoms. The summed E-state index contributed by atoms with van der Waals surface area (Å²) in [7, 11) is 0. The highest BCUT2D eigenvalue weighted by molar-refractivity contribution is 5.78. The van der Waals surface area contributed by atoms with E-state index in [4.69, 9.17) is 9.84 Å². The van der Waals surface area contributed by atoms with Gasteiger partial charge >= 0.3 is 5.97 Å². The van der Waals surface area contributed by atoms with Crippen molar-refractivity contribution in [2.24, 2.45) is 5.92 Å². The van der Waals surface area contributed by atoms with Crippen LogP contribution >= 0.6 is 0 Å². The number of benzene rings is 1. The van der Waals surface area contributed by atoms with E-state index in [-0.39, 0.29) is 12.3 Å². The summed E-state index contributed by atoms with van der Waals surface area (Å²) in [5.41, 5.74) is 3.39. The molecule has 0 saturated carbocycles. The summed E-state index contributed by atoms with van der Waals surface area (Å²) in [6.07, 6.45) is 0.816. The lowest BCUT2D eigenvalue weighted by Crippen LogP contribution is -2.30. The van der Waals surface area contributed by atoms with Crippen molar-refractivity contribution in [2.45, 2.75) is 33.6 Å². The monoisotopic (exact) mass is 305 g/mol. The molecule has 0 bridgehead atoms.